The van der Waals surface area contributed by atoms with Crippen LogP contribution in [0.1, 0.15) is 25.1 Å². The van der Waals surface area contributed by atoms with Crippen LogP contribution in [0.2, 0.25) is 0 Å². The molecular weight excluding hydrogens is 202 g/mol. The monoisotopic (exact) mass is 223 g/mol. The average Bonchev–Trinajstić information content (AvgIpc) is 2.69. The van der Waals surface area contributed by atoms with Crippen LogP contribution in [0, 0.1) is 5.92 Å². The molecule has 5 heteroatoms. The highest BCUT2D eigenvalue weighted by molar-refractivity contribution is 5.23. The highest BCUT2D eigenvalue weighted by atomic mass is 15.3. The molecule has 1 aliphatic rings. The van der Waals surface area contributed by atoms with Gasteiger partial charge in [-0.3, -0.25) is 0 Å². The second-order valence-corrected chi connectivity index (χ2v) is 4.50. The standard InChI is InChI=1S/C11H21N5/c1-12-11-15-14-10(16(11)2)6-5-9-4-3-7-13-8-9/h9,13H,3-8H2,1-2H3,(H,12,15). The molecule has 1 aliphatic heterocycles. The molecule has 1 saturated heterocycles. The number of piperidine rings is 1. The van der Waals surface area contributed by atoms with Crippen LogP contribution < -0.4 is 10.6 Å². The van der Waals surface area contributed by atoms with Crippen LogP contribution in [0.5, 0.6) is 0 Å². The highest BCUT2D eigenvalue weighted by Crippen LogP contribution is 2.17. The van der Waals surface area contributed by atoms with Gasteiger partial charge < -0.3 is 15.2 Å². The molecular formula is C11H21N5. The maximum Gasteiger partial charge on any atom is 0.224 e. The van der Waals surface area contributed by atoms with Gasteiger partial charge in [0, 0.05) is 20.5 Å². The number of hydrogen-bond donors (Lipinski definition) is 2. The van der Waals surface area contributed by atoms with E-state index in [1.54, 1.807) is 0 Å². The van der Waals surface area contributed by atoms with Crippen LogP contribution >= 0.6 is 0 Å². The summed E-state index contributed by atoms with van der Waals surface area (Å²) in [5.74, 6) is 2.73. The molecule has 0 aromatic carbocycles. The van der Waals surface area contributed by atoms with E-state index in [1.165, 1.54) is 25.8 Å². The van der Waals surface area contributed by atoms with Gasteiger partial charge >= 0.3 is 0 Å². The summed E-state index contributed by atoms with van der Waals surface area (Å²) in [6.45, 7) is 2.35. The van der Waals surface area contributed by atoms with Gasteiger partial charge in [-0.25, -0.2) is 0 Å². The molecule has 2 heterocycles. The molecule has 1 fully saturated rings. The molecule has 90 valence electrons. The van der Waals surface area contributed by atoms with Crippen molar-refractivity contribution < 1.29 is 0 Å². The van der Waals surface area contributed by atoms with Crippen LogP contribution in [0.3, 0.4) is 0 Å². The number of hydrogen-bond acceptors (Lipinski definition) is 4. The van der Waals surface area contributed by atoms with Crippen molar-refractivity contribution in [3.05, 3.63) is 5.82 Å². The predicted molar refractivity (Wildman–Crippen MR) is 64.5 cm³/mol. The molecule has 2 N–H and O–H groups in total. The maximum absolute atomic E-state index is 4.20. The van der Waals surface area contributed by atoms with Gasteiger partial charge in [0.15, 0.2) is 0 Å². The van der Waals surface area contributed by atoms with Crippen molar-refractivity contribution in [2.45, 2.75) is 25.7 Å². The molecule has 1 unspecified atom stereocenters. The molecule has 2 rings (SSSR count). The van der Waals surface area contributed by atoms with Crippen molar-refractivity contribution in [2.24, 2.45) is 13.0 Å². The lowest BCUT2D eigenvalue weighted by atomic mass is 9.94. The van der Waals surface area contributed by atoms with E-state index in [2.05, 4.69) is 20.8 Å². The lowest BCUT2D eigenvalue weighted by Crippen LogP contribution is -2.30. The lowest BCUT2D eigenvalue weighted by molar-refractivity contribution is 0.355. The normalized spacial score (nSPS) is 21.0. The minimum absolute atomic E-state index is 0.809. The van der Waals surface area contributed by atoms with Gasteiger partial charge in [-0.1, -0.05) is 0 Å². The Morgan fingerprint density at radius 1 is 1.50 bits per heavy atom. The van der Waals surface area contributed by atoms with Gasteiger partial charge in [0.1, 0.15) is 5.82 Å². The third-order valence-electron chi connectivity index (χ3n) is 3.36. The summed E-state index contributed by atoms with van der Waals surface area (Å²) in [4.78, 5) is 0. The summed E-state index contributed by atoms with van der Waals surface area (Å²) in [7, 11) is 3.89. The van der Waals surface area contributed by atoms with Crippen molar-refractivity contribution in [1.29, 1.82) is 0 Å². The van der Waals surface area contributed by atoms with Gasteiger partial charge in [-0.15, -0.1) is 10.2 Å². The first-order chi connectivity index (χ1) is 7.81. The number of aryl methyl sites for hydroxylation is 1. The SMILES string of the molecule is CNc1nnc(CCC2CCCNC2)n1C. The van der Waals surface area contributed by atoms with E-state index in [0.29, 0.717) is 0 Å². The Bertz CT molecular complexity index is 327. The van der Waals surface area contributed by atoms with Gasteiger partial charge in [0.2, 0.25) is 5.95 Å². The third kappa shape index (κ3) is 2.52. The van der Waals surface area contributed by atoms with Gasteiger partial charge in [0.05, 0.1) is 0 Å². The summed E-state index contributed by atoms with van der Waals surface area (Å²) in [5.41, 5.74) is 0. The summed E-state index contributed by atoms with van der Waals surface area (Å²) in [6.07, 6.45) is 4.90. The summed E-state index contributed by atoms with van der Waals surface area (Å²) in [6, 6.07) is 0. The summed E-state index contributed by atoms with van der Waals surface area (Å²) >= 11 is 0. The lowest BCUT2D eigenvalue weighted by Gasteiger charge is -2.22. The maximum atomic E-state index is 4.20. The second-order valence-electron chi connectivity index (χ2n) is 4.50. The third-order valence-corrected chi connectivity index (χ3v) is 3.36. The van der Waals surface area contributed by atoms with E-state index in [-0.39, 0.29) is 0 Å². The Morgan fingerprint density at radius 2 is 2.38 bits per heavy atom. The smallest absolute Gasteiger partial charge is 0.224 e. The zero-order valence-electron chi connectivity index (χ0n) is 10.2. The fraction of sp³-hybridized carbons (Fsp3) is 0.818. The van der Waals surface area contributed by atoms with Crippen LogP contribution in [0.15, 0.2) is 0 Å². The molecule has 0 amide bonds. The van der Waals surface area contributed by atoms with E-state index < -0.39 is 0 Å². The largest absolute Gasteiger partial charge is 0.357 e. The van der Waals surface area contributed by atoms with Crippen molar-refractivity contribution in [3.8, 4) is 0 Å². The van der Waals surface area contributed by atoms with Crippen LogP contribution in [0.25, 0.3) is 0 Å². The van der Waals surface area contributed by atoms with Crippen molar-refractivity contribution in [2.75, 3.05) is 25.5 Å². The van der Waals surface area contributed by atoms with Gasteiger partial charge in [-0.05, 0) is 38.3 Å². The summed E-state index contributed by atoms with van der Waals surface area (Å²) in [5, 5.41) is 14.8. The zero-order chi connectivity index (χ0) is 11.4. The van der Waals surface area contributed by atoms with Gasteiger partial charge in [0.25, 0.3) is 0 Å². The molecule has 0 aliphatic carbocycles. The molecule has 5 nitrogen and oxygen atoms in total. The number of nitrogens with one attached hydrogen (secondary N) is 2. The minimum Gasteiger partial charge on any atom is -0.357 e. The number of rotatable bonds is 4. The minimum atomic E-state index is 0.809. The van der Waals surface area contributed by atoms with Crippen molar-refractivity contribution in [3.63, 3.8) is 0 Å². The van der Waals surface area contributed by atoms with Crippen LogP contribution in [0.4, 0.5) is 5.95 Å². The fourth-order valence-electron chi connectivity index (χ4n) is 2.30. The Balaban J connectivity index is 1.86. The topological polar surface area (TPSA) is 54.8 Å². The first-order valence-corrected chi connectivity index (χ1v) is 6.08. The van der Waals surface area contributed by atoms with Crippen molar-refractivity contribution >= 4 is 5.95 Å². The quantitative estimate of drug-likeness (QED) is 0.792. The summed E-state index contributed by atoms with van der Waals surface area (Å²) < 4.78 is 2.04. The molecule has 0 saturated carbocycles. The average molecular weight is 223 g/mol. The Morgan fingerprint density at radius 3 is 3.00 bits per heavy atom. The number of nitrogens with zero attached hydrogens (tertiary/aromatic N) is 3. The zero-order valence-corrected chi connectivity index (χ0v) is 10.2. The van der Waals surface area contributed by atoms with E-state index in [1.807, 2.05) is 18.7 Å². The number of anilines is 1. The Labute approximate surface area is 96.6 Å². The Hall–Kier alpha value is -1.10. The molecule has 1 atom stereocenters. The van der Waals surface area contributed by atoms with E-state index in [0.717, 1.165) is 30.7 Å². The van der Waals surface area contributed by atoms with E-state index >= 15 is 0 Å². The van der Waals surface area contributed by atoms with Gasteiger partial charge in [-0.2, -0.15) is 0 Å². The number of aromatic nitrogens is 3. The van der Waals surface area contributed by atoms with Crippen LogP contribution in [-0.4, -0.2) is 34.9 Å². The molecule has 0 bridgehead atoms. The first-order valence-electron chi connectivity index (χ1n) is 6.08. The Kier molecular flexibility index (Phi) is 3.77. The van der Waals surface area contributed by atoms with E-state index in [4.69, 9.17) is 0 Å². The predicted octanol–water partition coefficient (Wildman–Crippen LogP) is 0.789. The molecule has 0 spiro atoms. The molecule has 0 radical (unpaired) electrons. The molecule has 1 aromatic heterocycles. The second kappa shape index (κ2) is 5.30. The first kappa shape index (κ1) is 11.4. The van der Waals surface area contributed by atoms with Crippen molar-refractivity contribution in [1.82, 2.24) is 20.1 Å². The highest BCUT2D eigenvalue weighted by Gasteiger charge is 2.14. The van der Waals surface area contributed by atoms with E-state index in [9.17, 15) is 0 Å². The fourth-order valence-corrected chi connectivity index (χ4v) is 2.30. The van der Waals surface area contributed by atoms with Crippen LogP contribution in [-0.2, 0) is 13.5 Å². The molecule has 16 heavy (non-hydrogen) atoms. The molecule has 1 aromatic rings.